The smallest absolute Gasteiger partial charge is 0.225 e. The summed E-state index contributed by atoms with van der Waals surface area (Å²) < 4.78 is 5.48. The molecule has 1 aliphatic carbocycles. The SMILES string of the molecule is CCCOc1ccnc(NCC2(C)CCC2)n1. The largest absolute Gasteiger partial charge is 0.478 e. The normalized spacial score (nSPS) is 17.3. The third kappa shape index (κ3) is 3.32. The summed E-state index contributed by atoms with van der Waals surface area (Å²) in [6.07, 6.45) is 6.67. The van der Waals surface area contributed by atoms with E-state index in [0.717, 1.165) is 13.0 Å². The number of nitrogens with one attached hydrogen (secondary N) is 1. The fraction of sp³-hybridized carbons (Fsp3) is 0.692. The van der Waals surface area contributed by atoms with Crippen LogP contribution in [0.25, 0.3) is 0 Å². The first-order chi connectivity index (χ1) is 8.22. The van der Waals surface area contributed by atoms with Crippen molar-refractivity contribution in [1.29, 1.82) is 0 Å². The lowest BCUT2D eigenvalue weighted by atomic mass is 9.70. The molecule has 1 heterocycles. The summed E-state index contributed by atoms with van der Waals surface area (Å²) >= 11 is 0. The summed E-state index contributed by atoms with van der Waals surface area (Å²) in [6, 6.07) is 1.80. The highest BCUT2D eigenvalue weighted by molar-refractivity contribution is 5.28. The van der Waals surface area contributed by atoms with Gasteiger partial charge in [-0.2, -0.15) is 4.98 Å². The van der Waals surface area contributed by atoms with E-state index in [-0.39, 0.29) is 0 Å². The second-order valence-corrected chi connectivity index (χ2v) is 5.08. The molecule has 4 nitrogen and oxygen atoms in total. The van der Waals surface area contributed by atoms with Gasteiger partial charge in [-0.3, -0.25) is 0 Å². The van der Waals surface area contributed by atoms with Gasteiger partial charge >= 0.3 is 0 Å². The first-order valence-electron chi connectivity index (χ1n) is 6.42. The molecule has 1 aliphatic rings. The first-order valence-corrected chi connectivity index (χ1v) is 6.42. The van der Waals surface area contributed by atoms with Crippen LogP contribution < -0.4 is 10.1 Å². The van der Waals surface area contributed by atoms with Gasteiger partial charge in [0.05, 0.1) is 6.61 Å². The van der Waals surface area contributed by atoms with Crippen LogP contribution in [0.2, 0.25) is 0 Å². The topological polar surface area (TPSA) is 47.0 Å². The summed E-state index contributed by atoms with van der Waals surface area (Å²) in [5.74, 6) is 1.33. The van der Waals surface area contributed by atoms with Crippen molar-refractivity contribution >= 4 is 5.95 Å². The molecule has 0 radical (unpaired) electrons. The lowest BCUT2D eigenvalue weighted by Gasteiger charge is -2.38. The van der Waals surface area contributed by atoms with E-state index in [9.17, 15) is 0 Å². The third-order valence-electron chi connectivity index (χ3n) is 3.32. The lowest BCUT2D eigenvalue weighted by molar-refractivity contribution is 0.179. The first kappa shape index (κ1) is 12.1. The minimum atomic E-state index is 0.434. The van der Waals surface area contributed by atoms with E-state index in [1.54, 1.807) is 12.3 Å². The molecule has 0 amide bonds. The average Bonchev–Trinajstić information content (AvgIpc) is 2.32. The van der Waals surface area contributed by atoms with Crippen LogP contribution in [0, 0.1) is 5.41 Å². The van der Waals surface area contributed by atoms with Crippen molar-refractivity contribution in [2.45, 2.75) is 39.5 Å². The van der Waals surface area contributed by atoms with Gasteiger partial charge in [0.2, 0.25) is 11.8 Å². The molecule has 1 saturated carbocycles. The van der Waals surface area contributed by atoms with Crippen molar-refractivity contribution < 1.29 is 4.74 Å². The fourth-order valence-electron chi connectivity index (χ4n) is 1.96. The van der Waals surface area contributed by atoms with E-state index >= 15 is 0 Å². The maximum atomic E-state index is 5.48. The molecule has 0 spiro atoms. The van der Waals surface area contributed by atoms with Gasteiger partial charge in [-0.1, -0.05) is 20.3 Å². The Kier molecular flexibility index (Phi) is 3.82. The van der Waals surface area contributed by atoms with E-state index in [0.29, 0.717) is 23.9 Å². The second kappa shape index (κ2) is 5.34. The number of anilines is 1. The van der Waals surface area contributed by atoms with E-state index in [2.05, 4.69) is 29.1 Å². The number of hydrogen-bond donors (Lipinski definition) is 1. The Balaban J connectivity index is 1.87. The van der Waals surface area contributed by atoms with Gasteiger partial charge in [0.15, 0.2) is 0 Å². The molecule has 0 aliphatic heterocycles. The molecule has 0 atom stereocenters. The summed E-state index contributed by atoms with van der Waals surface area (Å²) in [6.45, 7) is 6.04. The van der Waals surface area contributed by atoms with Crippen LogP contribution >= 0.6 is 0 Å². The van der Waals surface area contributed by atoms with Crippen LogP contribution in [-0.2, 0) is 0 Å². The minimum Gasteiger partial charge on any atom is -0.478 e. The molecule has 0 unspecified atom stereocenters. The van der Waals surface area contributed by atoms with E-state index in [1.165, 1.54) is 19.3 Å². The highest BCUT2D eigenvalue weighted by Gasteiger charge is 2.31. The van der Waals surface area contributed by atoms with E-state index < -0.39 is 0 Å². The van der Waals surface area contributed by atoms with Gasteiger partial charge in [-0.25, -0.2) is 4.98 Å². The zero-order valence-corrected chi connectivity index (χ0v) is 10.7. The zero-order chi connectivity index (χ0) is 12.1. The van der Waals surface area contributed by atoms with Crippen LogP contribution in [0.3, 0.4) is 0 Å². The molecular formula is C13H21N3O. The number of rotatable bonds is 6. The molecule has 1 fully saturated rings. The molecule has 2 rings (SSSR count). The third-order valence-corrected chi connectivity index (χ3v) is 3.32. The average molecular weight is 235 g/mol. The molecule has 1 aromatic rings. The van der Waals surface area contributed by atoms with Gasteiger partial charge in [0, 0.05) is 18.8 Å². The summed E-state index contributed by atoms with van der Waals surface area (Å²) in [7, 11) is 0. The monoisotopic (exact) mass is 235 g/mol. The van der Waals surface area contributed by atoms with Crippen molar-refractivity contribution in [2.75, 3.05) is 18.5 Å². The molecule has 4 heteroatoms. The van der Waals surface area contributed by atoms with Gasteiger partial charge in [-0.05, 0) is 24.7 Å². The number of nitrogens with zero attached hydrogens (tertiary/aromatic N) is 2. The van der Waals surface area contributed by atoms with Gasteiger partial charge in [-0.15, -0.1) is 0 Å². The van der Waals surface area contributed by atoms with Gasteiger partial charge in [0.1, 0.15) is 0 Å². The summed E-state index contributed by atoms with van der Waals surface area (Å²) in [5, 5.41) is 3.30. The molecule has 0 bridgehead atoms. The molecule has 94 valence electrons. The Morgan fingerprint density at radius 3 is 2.94 bits per heavy atom. The van der Waals surface area contributed by atoms with Gasteiger partial charge < -0.3 is 10.1 Å². The number of aromatic nitrogens is 2. The zero-order valence-electron chi connectivity index (χ0n) is 10.7. The van der Waals surface area contributed by atoms with Crippen LogP contribution in [-0.4, -0.2) is 23.1 Å². The molecule has 0 saturated heterocycles. The second-order valence-electron chi connectivity index (χ2n) is 5.08. The van der Waals surface area contributed by atoms with E-state index in [1.807, 2.05) is 0 Å². The Morgan fingerprint density at radius 2 is 2.29 bits per heavy atom. The van der Waals surface area contributed by atoms with Gasteiger partial charge in [0.25, 0.3) is 0 Å². The predicted molar refractivity (Wildman–Crippen MR) is 68.3 cm³/mol. The van der Waals surface area contributed by atoms with Crippen molar-refractivity contribution in [1.82, 2.24) is 9.97 Å². The van der Waals surface area contributed by atoms with Crippen LogP contribution in [0.4, 0.5) is 5.95 Å². The number of ether oxygens (including phenoxy) is 1. The molecule has 1 N–H and O–H groups in total. The Labute approximate surface area is 103 Å². The lowest BCUT2D eigenvalue weighted by Crippen LogP contribution is -2.33. The van der Waals surface area contributed by atoms with Crippen LogP contribution in [0.1, 0.15) is 39.5 Å². The van der Waals surface area contributed by atoms with Crippen LogP contribution in [0.15, 0.2) is 12.3 Å². The quantitative estimate of drug-likeness (QED) is 0.823. The minimum absolute atomic E-state index is 0.434. The van der Waals surface area contributed by atoms with Crippen molar-refractivity contribution in [3.8, 4) is 5.88 Å². The Bertz CT molecular complexity index is 363. The molecule has 17 heavy (non-hydrogen) atoms. The highest BCUT2D eigenvalue weighted by Crippen LogP contribution is 2.39. The Hall–Kier alpha value is -1.32. The van der Waals surface area contributed by atoms with Crippen molar-refractivity contribution in [2.24, 2.45) is 5.41 Å². The molecule has 0 aromatic carbocycles. The van der Waals surface area contributed by atoms with Crippen LogP contribution in [0.5, 0.6) is 5.88 Å². The Morgan fingerprint density at radius 1 is 1.47 bits per heavy atom. The highest BCUT2D eigenvalue weighted by atomic mass is 16.5. The predicted octanol–water partition coefficient (Wildman–Crippen LogP) is 2.87. The summed E-state index contributed by atoms with van der Waals surface area (Å²) in [4.78, 5) is 8.53. The summed E-state index contributed by atoms with van der Waals surface area (Å²) in [5.41, 5.74) is 0.434. The molecule has 1 aromatic heterocycles. The van der Waals surface area contributed by atoms with Crippen molar-refractivity contribution in [3.05, 3.63) is 12.3 Å². The number of hydrogen-bond acceptors (Lipinski definition) is 4. The maximum Gasteiger partial charge on any atom is 0.225 e. The van der Waals surface area contributed by atoms with E-state index in [4.69, 9.17) is 4.74 Å². The standard InChI is InChI=1S/C13H21N3O/c1-3-9-17-11-5-8-14-12(16-11)15-10-13(2)6-4-7-13/h5,8H,3-4,6-7,9-10H2,1-2H3,(H,14,15,16). The van der Waals surface area contributed by atoms with Crippen molar-refractivity contribution in [3.63, 3.8) is 0 Å². The maximum absolute atomic E-state index is 5.48. The fourth-order valence-corrected chi connectivity index (χ4v) is 1.96. The molecular weight excluding hydrogens is 214 g/mol.